The van der Waals surface area contributed by atoms with Crippen molar-refractivity contribution in [3.05, 3.63) is 41.7 Å². The van der Waals surface area contributed by atoms with Crippen LogP contribution >= 0.6 is 0 Å². The summed E-state index contributed by atoms with van der Waals surface area (Å²) in [6, 6.07) is 4.20. The number of nitrogens with two attached hydrogens (primary N) is 1. The largest absolute Gasteiger partial charge is 0.496 e. The van der Waals surface area contributed by atoms with Gasteiger partial charge in [0.1, 0.15) is 11.6 Å². The molecule has 1 aromatic carbocycles. The molecule has 1 rings (SSSR count). The summed E-state index contributed by atoms with van der Waals surface area (Å²) >= 11 is 0. The summed E-state index contributed by atoms with van der Waals surface area (Å²) in [6.07, 6.45) is 0. The van der Waals surface area contributed by atoms with Gasteiger partial charge in [0.2, 0.25) is 0 Å². The maximum atomic E-state index is 13.6. The molecule has 0 saturated carbocycles. The Labute approximate surface area is 88.7 Å². The van der Waals surface area contributed by atoms with Crippen LogP contribution in [0, 0.1) is 5.82 Å². The third-order valence-corrected chi connectivity index (χ3v) is 2.18. The van der Waals surface area contributed by atoms with E-state index in [9.17, 15) is 4.39 Å². The van der Waals surface area contributed by atoms with Crippen LogP contribution in [0.3, 0.4) is 0 Å². The quantitative estimate of drug-likeness (QED) is 0.453. The minimum absolute atomic E-state index is 0.361. The standard InChI is InChI=1S/C11H15FN2O/c1-7(2)11(14-13)10-8(12)5-4-6-9(10)15-3/h4-6,11,14H,1,13H2,2-3H3. The normalized spacial score (nSPS) is 12.3. The summed E-state index contributed by atoms with van der Waals surface area (Å²) < 4.78 is 18.7. The second-order valence-corrected chi connectivity index (χ2v) is 3.30. The third-order valence-electron chi connectivity index (χ3n) is 2.18. The van der Waals surface area contributed by atoms with Gasteiger partial charge in [-0.2, -0.15) is 0 Å². The summed E-state index contributed by atoms with van der Waals surface area (Å²) in [7, 11) is 1.49. The monoisotopic (exact) mass is 210 g/mol. The molecule has 0 aliphatic heterocycles. The van der Waals surface area contributed by atoms with Crippen molar-refractivity contribution in [2.45, 2.75) is 13.0 Å². The molecule has 0 aromatic heterocycles. The molecule has 4 heteroatoms. The fraction of sp³-hybridized carbons (Fsp3) is 0.273. The molecular formula is C11H15FN2O. The van der Waals surface area contributed by atoms with Crippen LogP contribution in [0.25, 0.3) is 0 Å². The van der Waals surface area contributed by atoms with Crippen molar-refractivity contribution in [1.29, 1.82) is 0 Å². The number of hydrazine groups is 1. The number of ether oxygens (including phenoxy) is 1. The average molecular weight is 210 g/mol. The first-order valence-corrected chi connectivity index (χ1v) is 4.55. The highest BCUT2D eigenvalue weighted by Crippen LogP contribution is 2.30. The van der Waals surface area contributed by atoms with Crippen LogP contribution < -0.4 is 16.0 Å². The first-order valence-electron chi connectivity index (χ1n) is 4.55. The van der Waals surface area contributed by atoms with Gasteiger partial charge in [-0.25, -0.2) is 9.82 Å². The molecule has 1 aromatic rings. The van der Waals surface area contributed by atoms with E-state index < -0.39 is 6.04 Å². The van der Waals surface area contributed by atoms with Gasteiger partial charge in [-0.05, 0) is 19.1 Å². The molecule has 3 N–H and O–H groups in total. The number of hydrogen-bond acceptors (Lipinski definition) is 3. The molecule has 0 aliphatic carbocycles. The van der Waals surface area contributed by atoms with Gasteiger partial charge in [0, 0.05) is 0 Å². The zero-order chi connectivity index (χ0) is 11.4. The minimum Gasteiger partial charge on any atom is -0.496 e. The van der Waals surface area contributed by atoms with Crippen LogP contribution in [0.1, 0.15) is 18.5 Å². The van der Waals surface area contributed by atoms with Gasteiger partial charge in [0.25, 0.3) is 0 Å². The SMILES string of the molecule is C=C(C)C(NN)c1c(F)cccc1OC. The van der Waals surface area contributed by atoms with E-state index in [1.807, 2.05) is 0 Å². The van der Waals surface area contributed by atoms with E-state index in [1.54, 1.807) is 19.1 Å². The van der Waals surface area contributed by atoms with Gasteiger partial charge in [0.05, 0.1) is 18.7 Å². The Hall–Kier alpha value is -1.39. The minimum atomic E-state index is -0.443. The van der Waals surface area contributed by atoms with Crippen LogP contribution in [0.15, 0.2) is 30.4 Å². The lowest BCUT2D eigenvalue weighted by Crippen LogP contribution is -2.29. The van der Waals surface area contributed by atoms with Crippen molar-refractivity contribution in [2.24, 2.45) is 5.84 Å². The number of methoxy groups -OCH3 is 1. The van der Waals surface area contributed by atoms with Gasteiger partial charge in [-0.1, -0.05) is 18.2 Å². The molecular weight excluding hydrogens is 195 g/mol. The predicted molar refractivity (Wildman–Crippen MR) is 57.8 cm³/mol. The summed E-state index contributed by atoms with van der Waals surface area (Å²) in [5, 5.41) is 0. The molecule has 0 radical (unpaired) electrons. The van der Waals surface area contributed by atoms with E-state index >= 15 is 0 Å². The van der Waals surface area contributed by atoms with E-state index in [0.29, 0.717) is 11.3 Å². The zero-order valence-electron chi connectivity index (χ0n) is 8.88. The molecule has 1 unspecified atom stereocenters. The Balaban J connectivity index is 3.26. The second-order valence-electron chi connectivity index (χ2n) is 3.30. The summed E-state index contributed by atoms with van der Waals surface area (Å²) in [6.45, 7) is 5.53. The Kier molecular flexibility index (Phi) is 3.82. The maximum Gasteiger partial charge on any atom is 0.132 e. The van der Waals surface area contributed by atoms with Gasteiger partial charge in [0.15, 0.2) is 0 Å². The second kappa shape index (κ2) is 4.91. The van der Waals surface area contributed by atoms with Crippen LogP contribution in [0.4, 0.5) is 4.39 Å². The first kappa shape index (κ1) is 11.7. The van der Waals surface area contributed by atoms with E-state index in [0.717, 1.165) is 5.57 Å². The molecule has 0 heterocycles. The van der Waals surface area contributed by atoms with Gasteiger partial charge in [-0.3, -0.25) is 5.84 Å². The lowest BCUT2D eigenvalue weighted by molar-refractivity contribution is 0.396. The first-order chi connectivity index (χ1) is 7.11. The number of hydrogen-bond donors (Lipinski definition) is 2. The molecule has 0 amide bonds. The van der Waals surface area contributed by atoms with Crippen molar-refractivity contribution in [3.63, 3.8) is 0 Å². The van der Waals surface area contributed by atoms with Crippen LogP contribution in [0.5, 0.6) is 5.75 Å². The number of benzene rings is 1. The third kappa shape index (κ3) is 2.34. The molecule has 0 fully saturated rings. The van der Waals surface area contributed by atoms with Gasteiger partial charge < -0.3 is 4.74 Å². The van der Waals surface area contributed by atoms with E-state index in [-0.39, 0.29) is 5.82 Å². The van der Waals surface area contributed by atoms with Crippen LogP contribution in [-0.2, 0) is 0 Å². The lowest BCUT2D eigenvalue weighted by Gasteiger charge is -2.19. The topological polar surface area (TPSA) is 47.3 Å². The Morgan fingerprint density at radius 1 is 1.60 bits per heavy atom. The molecule has 1 atom stereocenters. The highest BCUT2D eigenvalue weighted by Gasteiger charge is 2.19. The fourth-order valence-electron chi connectivity index (χ4n) is 1.45. The molecule has 0 aliphatic rings. The highest BCUT2D eigenvalue weighted by molar-refractivity contribution is 5.40. The molecule has 0 bridgehead atoms. The Bertz CT molecular complexity index is 366. The number of nitrogens with one attached hydrogen (secondary N) is 1. The predicted octanol–water partition coefficient (Wildman–Crippen LogP) is 1.91. The Morgan fingerprint density at radius 3 is 2.73 bits per heavy atom. The fourth-order valence-corrected chi connectivity index (χ4v) is 1.45. The van der Waals surface area contributed by atoms with Crippen molar-refractivity contribution in [2.75, 3.05) is 7.11 Å². The van der Waals surface area contributed by atoms with Gasteiger partial charge in [-0.15, -0.1) is 0 Å². The zero-order valence-corrected chi connectivity index (χ0v) is 8.88. The summed E-state index contributed by atoms with van der Waals surface area (Å²) in [4.78, 5) is 0. The molecule has 3 nitrogen and oxygen atoms in total. The van der Waals surface area contributed by atoms with E-state index in [1.165, 1.54) is 13.2 Å². The average Bonchev–Trinajstić information content (AvgIpc) is 2.21. The van der Waals surface area contributed by atoms with Crippen LogP contribution in [-0.4, -0.2) is 7.11 Å². The number of halogens is 1. The highest BCUT2D eigenvalue weighted by atomic mass is 19.1. The smallest absolute Gasteiger partial charge is 0.132 e. The van der Waals surface area contributed by atoms with E-state index in [2.05, 4.69) is 12.0 Å². The van der Waals surface area contributed by atoms with Gasteiger partial charge >= 0.3 is 0 Å². The van der Waals surface area contributed by atoms with Crippen molar-refractivity contribution in [3.8, 4) is 5.75 Å². The van der Waals surface area contributed by atoms with Crippen molar-refractivity contribution >= 4 is 0 Å². The van der Waals surface area contributed by atoms with E-state index in [4.69, 9.17) is 10.6 Å². The Morgan fingerprint density at radius 2 is 2.27 bits per heavy atom. The summed E-state index contributed by atoms with van der Waals surface area (Å²) in [5.74, 6) is 5.46. The van der Waals surface area contributed by atoms with Crippen molar-refractivity contribution in [1.82, 2.24) is 5.43 Å². The molecule has 0 saturated heterocycles. The molecule has 15 heavy (non-hydrogen) atoms. The molecule has 0 spiro atoms. The van der Waals surface area contributed by atoms with Crippen molar-refractivity contribution < 1.29 is 9.13 Å². The summed E-state index contributed by atoms with van der Waals surface area (Å²) in [5.41, 5.74) is 3.62. The maximum absolute atomic E-state index is 13.6. The lowest BCUT2D eigenvalue weighted by atomic mass is 10.00. The molecule has 82 valence electrons. The van der Waals surface area contributed by atoms with Crippen LogP contribution in [0.2, 0.25) is 0 Å². The number of rotatable bonds is 4.